The number of aliphatic hydroxyl groups is 1. The predicted octanol–water partition coefficient (Wildman–Crippen LogP) is 0.543. The summed E-state index contributed by atoms with van der Waals surface area (Å²) in [6, 6.07) is -0.117. The van der Waals surface area contributed by atoms with Crippen molar-refractivity contribution >= 4 is 43.3 Å². The Labute approximate surface area is 110 Å². The molecular weight excluding hydrogens is 334 g/mol. The van der Waals surface area contributed by atoms with Gasteiger partial charge in [-0.3, -0.25) is 4.79 Å². The average Bonchev–Trinajstić information content (AvgIpc) is 2.56. The molecule has 0 radical (unpaired) electrons. The maximum absolute atomic E-state index is 11.8. The number of hydrogen-bond donors (Lipinski definition) is 3. The summed E-state index contributed by atoms with van der Waals surface area (Å²) < 4.78 is 26.1. The van der Waals surface area contributed by atoms with Crippen LogP contribution in [0, 0.1) is 6.92 Å². The molecule has 3 N–H and O–H groups in total. The summed E-state index contributed by atoms with van der Waals surface area (Å²) in [6.45, 7) is 0.917. The summed E-state index contributed by atoms with van der Waals surface area (Å²) >= 11 is 4.16. The van der Waals surface area contributed by atoms with Crippen LogP contribution in [0.3, 0.4) is 0 Å². The first kappa shape index (κ1) is 14.6. The van der Waals surface area contributed by atoms with Crippen molar-refractivity contribution in [3.8, 4) is 0 Å². The number of aliphatic hydroxyl groups excluding tert-OH is 1. The normalized spacial score (nSPS) is 13.6. The predicted molar refractivity (Wildman–Crippen MR) is 65.6 cm³/mol. The van der Waals surface area contributed by atoms with E-state index in [1.807, 2.05) is 4.72 Å². The minimum absolute atomic E-state index is 0.00146. The van der Waals surface area contributed by atoms with Gasteiger partial charge < -0.3 is 10.2 Å². The third kappa shape index (κ3) is 3.49. The van der Waals surface area contributed by atoms with E-state index in [1.54, 1.807) is 6.92 Å². The first-order valence-electron chi connectivity index (χ1n) is 4.40. The number of aryl methyl sites for hydroxylation is 1. The van der Waals surface area contributed by atoms with Crippen molar-refractivity contribution in [2.75, 3.05) is 6.61 Å². The lowest BCUT2D eigenvalue weighted by atomic mass is 10.3. The summed E-state index contributed by atoms with van der Waals surface area (Å²) in [5.74, 6) is -1.43. The van der Waals surface area contributed by atoms with Crippen LogP contribution in [0.5, 0.6) is 0 Å². The van der Waals surface area contributed by atoms with E-state index in [1.165, 1.54) is 6.07 Å². The van der Waals surface area contributed by atoms with Gasteiger partial charge in [0, 0.05) is 0 Å². The number of hydrogen-bond acceptors (Lipinski definition) is 5. The molecule has 9 heteroatoms. The molecule has 0 aliphatic rings. The van der Waals surface area contributed by atoms with Crippen molar-refractivity contribution < 1.29 is 23.4 Å². The highest BCUT2D eigenvalue weighted by atomic mass is 79.9. The van der Waals surface area contributed by atoms with Gasteiger partial charge in [0.1, 0.15) is 10.3 Å². The molecule has 0 saturated carbocycles. The quantitative estimate of drug-likeness (QED) is 0.723. The van der Waals surface area contributed by atoms with Gasteiger partial charge in [0.15, 0.2) is 0 Å². The van der Waals surface area contributed by atoms with Crippen LogP contribution in [0.2, 0.25) is 0 Å². The Morgan fingerprint density at radius 1 is 1.65 bits per heavy atom. The van der Waals surface area contributed by atoms with Crippen LogP contribution in [-0.4, -0.2) is 37.2 Å². The number of rotatable bonds is 5. The highest BCUT2D eigenvalue weighted by Crippen LogP contribution is 2.30. The molecule has 1 heterocycles. The first-order chi connectivity index (χ1) is 7.77. The molecule has 6 nitrogen and oxygen atoms in total. The van der Waals surface area contributed by atoms with E-state index in [-0.39, 0.29) is 4.21 Å². The number of aliphatic carboxylic acids is 1. The molecule has 0 bridgehead atoms. The topological polar surface area (TPSA) is 104 Å². The van der Waals surface area contributed by atoms with Gasteiger partial charge in [0.25, 0.3) is 10.0 Å². The zero-order valence-corrected chi connectivity index (χ0v) is 11.9. The highest BCUT2D eigenvalue weighted by molar-refractivity contribution is 9.11. The van der Waals surface area contributed by atoms with Crippen LogP contribution in [0.15, 0.2) is 14.1 Å². The molecule has 1 rings (SSSR count). The Balaban J connectivity index is 3.00. The summed E-state index contributed by atoms with van der Waals surface area (Å²) in [7, 11) is -3.92. The molecule has 17 heavy (non-hydrogen) atoms. The lowest BCUT2D eigenvalue weighted by Crippen LogP contribution is -2.42. The van der Waals surface area contributed by atoms with E-state index in [9.17, 15) is 13.2 Å². The highest BCUT2D eigenvalue weighted by Gasteiger charge is 2.26. The number of sulfonamides is 1. The van der Waals surface area contributed by atoms with Crippen molar-refractivity contribution in [1.82, 2.24) is 4.72 Å². The maximum atomic E-state index is 11.8. The van der Waals surface area contributed by atoms with Crippen molar-refractivity contribution in [3.05, 3.63) is 15.4 Å². The van der Waals surface area contributed by atoms with E-state index in [0.29, 0.717) is 3.79 Å². The molecule has 0 fully saturated rings. The summed E-state index contributed by atoms with van der Waals surface area (Å²) in [6.07, 6.45) is 0. The SMILES string of the molecule is Cc1cc(S(=O)(=O)N[C@@H](CO)C(=O)O)sc1Br. The van der Waals surface area contributed by atoms with E-state index in [4.69, 9.17) is 10.2 Å². The van der Waals surface area contributed by atoms with E-state index in [2.05, 4.69) is 15.9 Å². The van der Waals surface area contributed by atoms with Crippen LogP contribution in [0.1, 0.15) is 5.56 Å². The number of thiophene rings is 1. The largest absolute Gasteiger partial charge is 0.480 e. The molecule has 0 aliphatic heterocycles. The second-order valence-corrected chi connectivity index (χ2v) is 7.53. The average molecular weight is 344 g/mol. The molecule has 0 spiro atoms. The van der Waals surface area contributed by atoms with Gasteiger partial charge in [-0.05, 0) is 34.5 Å². The maximum Gasteiger partial charge on any atom is 0.324 e. The Kier molecular flexibility index (Phi) is 4.67. The van der Waals surface area contributed by atoms with Gasteiger partial charge in [0.2, 0.25) is 0 Å². The fraction of sp³-hybridized carbons (Fsp3) is 0.375. The Morgan fingerprint density at radius 2 is 2.24 bits per heavy atom. The zero-order chi connectivity index (χ0) is 13.2. The smallest absolute Gasteiger partial charge is 0.324 e. The van der Waals surface area contributed by atoms with Gasteiger partial charge in [0.05, 0.1) is 10.4 Å². The minimum Gasteiger partial charge on any atom is -0.480 e. The molecule has 1 atom stereocenters. The fourth-order valence-electron chi connectivity index (χ4n) is 0.975. The van der Waals surface area contributed by atoms with Crippen LogP contribution < -0.4 is 4.72 Å². The summed E-state index contributed by atoms with van der Waals surface area (Å²) in [4.78, 5) is 10.6. The van der Waals surface area contributed by atoms with Crippen molar-refractivity contribution in [3.63, 3.8) is 0 Å². The van der Waals surface area contributed by atoms with E-state index >= 15 is 0 Å². The molecule has 0 saturated heterocycles. The van der Waals surface area contributed by atoms with Gasteiger partial charge in [-0.15, -0.1) is 11.3 Å². The molecular formula is C8H10BrNO5S2. The Hall–Kier alpha value is -0.480. The monoisotopic (exact) mass is 343 g/mol. The van der Waals surface area contributed by atoms with Crippen molar-refractivity contribution in [2.24, 2.45) is 0 Å². The Morgan fingerprint density at radius 3 is 2.59 bits per heavy atom. The lowest BCUT2D eigenvalue weighted by Gasteiger charge is -2.10. The second kappa shape index (κ2) is 5.44. The lowest BCUT2D eigenvalue weighted by molar-refractivity contribution is -0.139. The third-order valence-corrected chi connectivity index (χ3v) is 5.96. The van der Waals surface area contributed by atoms with Crippen LogP contribution in [0.25, 0.3) is 0 Å². The zero-order valence-electron chi connectivity index (χ0n) is 8.68. The van der Waals surface area contributed by atoms with Gasteiger partial charge in [-0.1, -0.05) is 0 Å². The minimum atomic E-state index is -3.92. The molecule has 1 aromatic rings. The summed E-state index contributed by atoms with van der Waals surface area (Å²) in [5, 5.41) is 17.4. The number of nitrogens with one attached hydrogen (secondary N) is 1. The van der Waals surface area contributed by atoms with Crippen LogP contribution >= 0.6 is 27.3 Å². The third-order valence-electron chi connectivity index (χ3n) is 1.88. The van der Waals surface area contributed by atoms with Crippen LogP contribution in [-0.2, 0) is 14.8 Å². The molecule has 0 unspecified atom stereocenters. The van der Waals surface area contributed by atoms with E-state index in [0.717, 1.165) is 16.9 Å². The molecule has 0 aliphatic carbocycles. The van der Waals surface area contributed by atoms with Crippen molar-refractivity contribution in [1.29, 1.82) is 0 Å². The van der Waals surface area contributed by atoms with Crippen LogP contribution in [0.4, 0.5) is 0 Å². The first-order valence-corrected chi connectivity index (χ1v) is 7.49. The number of carbonyl (C=O) groups is 1. The summed E-state index contributed by atoms with van der Waals surface area (Å²) in [5.41, 5.74) is 0.742. The van der Waals surface area contributed by atoms with Gasteiger partial charge in [-0.25, -0.2) is 8.42 Å². The molecule has 0 aromatic carbocycles. The van der Waals surface area contributed by atoms with Gasteiger partial charge in [-0.2, -0.15) is 4.72 Å². The standard InChI is InChI=1S/C8H10BrNO5S2/c1-4-2-6(16-7(4)9)17(14,15)10-5(3-11)8(12)13/h2,5,10-11H,3H2,1H3,(H,12,13)/t5-/m0/s1. The number of halogens is 1. The van der Waals surface area contributed by atoms with Crippen molar-refractivity contribution in [2.45, 2.75) is 17.2 Å². The second-order valence-electron chi connectivity index (χ2n) is 3.22. The fourth-order valence-corrected chi connectivity index (χ4v) is 4.40. The molecule has 0 amide bonds. The number of carboxylic acid groups (broad SMARTS) is 1. The number of carboxylic acids is 1. The van der Waals surface area contributed by atoms with Gasteiger partial charge >= 0.3 is 5.97 Å². The molecule has 1 aromatic heterocycles. The van der Waals surface area contributed by atoms with E-state index < -0.39 is 28.6 Å². The Bertz CT molecular complexity index is 505. The molecule has 96 valence electrons.